The van der Waals surface area contributed by atoms with E-state index >= 15 is 0 Å². The summed E-state index contributed by atoms with van der Waals surface area (Å²) in [7, 11) is 0. The molecular formula is C20H31ClN2O2. The summed E-state index contributed by atoms with van der Waals surface area (Å²) < 4.78 is 0. The molecule has 4 aliphatic carbocycles. The van der Waals surface area contributed by atoms with Crippen LogP contribution in [0.2, 0.25) is 0 Å². The fourth-order valence-corrected chi connectivity index (χ4v) is 7.04. The lowest BCUT2D eigenvalue weighted by Gasteiger charge is -2.59. The molecule has 0 aromatic carbocycles. The zero-order valence-corrected chi connectivity index (χ0v) is 16.0. The molecule has 0 aromatic rings. The number of carbonyl (C=O) groups excluding carboxylic acids is 2. The van der Waals surface area contributed by atoms with E-state index in [1.807, 2.05) is 4.90 Å². The normalized spacial score (nSPS) is 40.2. The van der Waals surface area contributed by atoms with E-state index in [9.17, 15) is 9.59 Å². The monoisotopic (exact) mass is 366 g/mol. The minimum atomic E-state index is -0.204. The van der Waals surface area contributed by atoms with Crippen molar-refractivity contribution < 1.29 is 9.59 Å². The predicted molar refractivity (Wildman–Crippen MR) is 98.4 cm³/mol. The number of hydrogen-bond donors (Lipinski definition) is 1. The summed E-state index contributed by atoms with van der Waals surface area (Å²) >= 11 is 6.83. The first kappa shape index (κ1) is 17.6. The summed E-state index contributed by atoms with van der Waals surface area (Å²) in [5.74, 6) is 1.82. The largest absolute Gasteiger partial charge is 0.356 e. The van der Waals surface area contributed by atoms with Crippen LogP contribution in [0.15, 0.2) is 0 Å². The van der Waals surface area contributed by atoms with Crippen LogP contribution in [0.25, 0.3) is 0 Å². The molecule has 0 spiro atoms. The van der Waals surface area contributed by atoms with Gasteiger partial charge in [-0.1, -0.05) is 6.42 Å². The first-order valence-electron chi connectivity index (χ1n) is 10.2. The van der Waals surface area contributed by atoms with E-state index in [1.54, 1.807) is 0 Å². The molecule has 4 saturated carbocycles. The molecule has 5 heteroatoms. The van der Waals surface area contributed by atoms with E-state index in [1.165, 1.54) is 6.42 Å². The molecule has 140 valence electrons. The van der Waals surface area contributed by atoms with Gasteiger partial charge in [0, 0.05) is 30.9 Å². The van der Waals surface area contributed by atoms with Crippen LogP contribution in [0.1, 0.15) is 70.6 Å². The lowest BCUT2D eigenvalue weighted by Crippen LogP contribution is -2.58. The van der Waals surface area contributed by atoms with Crippen LogP contribution in [0.3, 0.4) is 0 Å². The molecule has 1 aliphatic heterocycles. The second-order valence-electron chi connectivity index (χ2n) is 9.19. The fourth-order valence-electron chi connectivity index (χ4n) is 6.35. The lowest BCUT2D eigenvalue weighted by molar-refractivity contribution is -0.144. The van der Waals surface area contributed by atoms with Crippen molar-refractivity contribution >= 4 is 23.4 Å². The third-order valence-electron chi connectivity index (χ3n) is 7.03. The van der Waals surface area contributed by atoms with Crippen molar-refractivity contribution in [1.29, 1.82) is 0 Å². The Hall–Kier alpha value is -0.770. The smallest absolute Gasteiger partial charge is 0.226 e. The summed E-state index contributed by atoms with van der Waals surface area (Å²) in [4.78, 5) is 26.9. The molecule has 2 atom stereocenters. The number of likely N-dealkylation sites (tertiary alicyclic amines) is 1. The SMILES string of the molecule is O=C1CCCCCN1CCCNC(=O)C12C[C@H]3C[C@@H](CC(Cl)(C3)C1)C2. The number of nitrogens with one attached hydrogen (secondary N) is 1. The highest BCUT2D eigenvalue weighted by Gasteiger charge is 2.59. The van der Waals surface area contributed by atoms with Gasteiger partial charge >= 0.3 is 0 Å². The van der Waals surface area contributed by atoms with E-state index in [0.717, 1.165) is 70.9 Å². The molecule has 4 bridgehead atoms. The maximum Gasteiger partial charge on any atom is 0.226 e. The Morgan fingerprint density at radius 1 is 1.16 bits per heavy atom. The van der Waals surface area contributed by atoms with Crippen molar-refractivity contribution in [1.82, 2.24) is 10.2 Å². The molecule has 5 aliphatic rings. The second kappa shape index (κ2) is 6.75. The number of alkyl halides is 1. The third kappa shape index (κ3) is 3.56. The van der Waals surface area contributed by atoms with Gasteiger partial charge in [0.15, 0.2) is 0 Å². The molecule has 5 fully saturated rings. The van der Waals surface area contributed by atoms with Crippen LogP contribution < -0.4 is 5.32 Å². The maximum absolute atomic E-state index is 13.0. The molecule has 2 amide bonds. The Balaban J connectivity index is 1.27. The van der Waals surface area contributed by atoms with Gasteiger partial charge in [-0.3, -0.25) is 9.59 Å². The Morgan fingerprint density at radius 2 is 1.92 bits per heavy atom. The highest BCUT2D eigenvalue weighted by atomic mass is 35.5. The number of carbonyl (C=O) groups is 2. The molecule has 1 heterocycles. The first-order valence-corrected chi connectivity index (χ1v) is 10.6. The Bertz CT molecular complexity index is 536. The second-order valence-corrected chi connectivity index (χ2v) is 9.99. The van der Waals surface area contributed by atoms with Crippen molar-refractivity contribution in [3.05, 3.63) is 0 Å². The zero-order valence-electron chi connectivity index (χ0n) is 15.2. The summed E-state index contributed by atoms with van der Waals surface area (Å²) in [6, 6.07) is 0. The first-order chi connectivity index (χ1) is 12.0. The van der Waals surface area contributed by atoms with Gasteiger partial charge in [-0.2, -0.15) is 0 Å². The number of hydrogen-bond acceptors (Lipinski definition) is 2. The van der Waals surface area contributed by atoms with Gasteiger partial charge in [0.05, 0.1) is 5.41 Å². The number of rotatable bonds is 5. The molecule has 4 nitrogen and oxygen atoms in total. The Morgan fingerprint density at radius 3 is 2.64 bits per heavy atom. The number of amides is 2. The predicted octanol–water partition coefficient (Wildman–Crippen LogP) is 3.47. The highest BCUT2D eigenvalue weighted by molar-refractivity contribution is 6.24. The van der Waals surface area contributed by atoms with Crippen molar-refractivity contribution in [3.63, 3.8) is 0 Å². The molecular weight excluding hydrogens is 336 g/mol. The van der Waals surface area contributed by atoms with E-state index in [-0.39, 0.29) is 22.1 Å². The quantitative estimate of drug-likeness (QED) is 0.598. The van der Waals surface area contributed by atoms with E-state index in [0.29, 0.717) is 24.8 Å². The Kier molecular flexibility index (Phi) is 4.76. The molecule has 5 rings (SSSR count). The van der Waals surface area contributed by atoms with Crippen molar-refractivity contribution in [3.8, 4) is 0 Å². The van der Waals surface area contributed by atoms with Crippen LogP contribution in [0.4, 0.5) is 0 Å². The summed E-state index contributed by atoms with van der Waals surface area (Å²) in [6.07, 6.45) is 11.3. The standard InChI is InChI=1S/C20H31ClN2O2/c21-20-12-15-9-16(13-20)11-19(10-15,14-20)18(25)22-6-4-8-23-7-3-1-2-5-17(23)24/h15-16H,1-14H2,(H,22,25)/t15-,16-,19?,20?/m1/s1. The van der Waals surface area contributed by atoms with E-state index in [4.69, 9.17) is 11.6 Å². The van der Waals surface area contributed by atoms with Gasteiger partial charge in [0.1, 0.15) is 0 Å². The molecule has 1 N–H and O–H groups in total. The van der Waals surface area contributed by atoms with Crippen molar-refractivity contribution in [2.75, 3.05) is 19.6 Å². The van der Waals surface area contributed by atoms with Gasteiger partial charge in [-0.25, -0.2) is 0 Å². The minimum absolute atomic E-state index is 0.111. The van der Waals surface area contributed by atoms with Gasteiger partial charge < -0.3 is 10.2 Å². The Labute approximate surface area is 156 Å². The molecule has 0 radical (unpaired) electrons. The van der Waals surface area contributed by atoms with E-state index < -0.39 is 0 Å². The average Bonchev–Trinajstić information content (AvgIpc) is 2.73. The van der Waals surface area contributed by atoms with Crippen molar-refractivity contribution in [2.24, 2.45) is 17.3 Å². The lowest BCUT2D eigenvalue weighted by atomic mass is 9.49. The average molecular weight is 367 g/mol. The van der Waals surface area contributed by atoms with Gasteiger partial charge in [-0.05, 0) is 69.6 Å². The zero-order chi connectivity index (χ0) is 17.5. The van der Waals surface area contributed by atoms with Crippen LogP contribution >= 0.6 is 11.6 Å². The van der Waals surface area contributed by atoms with Crippen LogP contribution in [0, 0.1) is 17.3 Å². The summed E-state index contributed by atoms with van der Waals surface area (Å²) in [5, 5.41) is 3.19. The van der Waals surface area contributed by atoms with Gasteiger partial charge in [-0.15, -0.1) is 11.6 Å². The number of halogens is 1. The van der Waals surface area contributed by atoms with E-state index in [2.05, 4.69) is 5.32 Å². The topological polar surface area (TPSA) is 49.4 Å². The third-order valence-corrected chi connectivity index (χ3v) is 7.48. The molecule has 0 unspecified atom stereocenters. The molecule has 0 aromatic heterocycles. The van der Waals surface area contributed by atoms with Crippen LogP contribution in [0.5, 0.6) is 0 Å². The fraction of sp³-hybridized carbons (Fsp3) is 0.900. The highest BCUT2D eigenvalue weighted by Crippen LogP contribution is 2.63. The van der Waals surface area contributed by atoms with Crippen LogP contribution in [-0.4, -0.2) is 41.2 Å². The minimum Gasteiger partial charge on any atom is -0.356 e. The summed E-state index contributed by atoms with van der Waals surface area (Å²) in [5.41, 5.74) is -0.204. The van der Waals surface area contributed by atoms with Crippen LogP contribution in [-0.2, 0) is 9.59 Å². The molecule has 25 heavy (non-hydrogen) atoms. The number of nitrogens with zero attached hydrogens (tertiary/aromatic N) is 1. The molecule has 1 saturated heterocycles. The van der Waals surface area contributed by atoms with Gasteiger partial charge in [0.25, 0.3) is 0 Å². The van der Waals surface area contributed by atoms with Gasteiger partial charge in [0.2, 0.25) is 11.8 Å². The summed E-state index contributed by atoms with van der Waals surface area (Å²) in [6.45, 7) is 2.33. The van der Waals surface area contributed by atoms with Crippen molar-refractivity contribution in [2.45, 2.75) is 75.5 Å². The maximum atomic E-state index is 13.0.